The van der Waals surface area contributed by atoms with E-state index in [1.54, 1.807) is 6.08 Å². The summed E-state index contributed by atoms with van der Waals surface area (Å²) in [5, 5.41) is 13.4. The second-order valence-electron chi connectivity index (χ2n) is 7.89. The minimum atomic E-state index is -0.636. The molecule has 1 atom stereocenters. The molecule has 0 saturated carbocycles. The molecule has 0 saturated heterocycles. The fourth-order valence-electron chi connectivity index (χ4n) is 3.52. The summed E-state index contributed by atoms with van der Waals surface area (Å²) < 4.78 is 5.35. The molecule has 0 aliphatic rings. The van der Waals surface area contributed by atoms with Gasteiger partial charge in [0.2, 0.25) is 0 Å². The Hall–Kier alpha value is -2.03. The Kier molecular flexibility index (Phi) is 8.40. The van der Waals surface area contributed by atoms with Crippen LogP contribution in [0.25, 0.3) is 21.3 Å². The van der Waals surface area contributed by atoms with E-state index in [2.05, 4.69) is 30.3 Å². The number of aliphatic hydroxyl groups is 1. The second-order valence-corrected chi connectivity index (χ2v) is 9.16. The maximum Gasteiger partial charge on any atom is 0.260 e. The molecule has 0 spiro atoms. The van der Waals surface area contributed by atoms with Crippen LogP contribution in [0, 0.1) is 5.92 Å². The van der Waals surface area contributed by atoms with Crippen molar-refractivity contribution in [2.45, 2.75) is 26.5 Å². The predicted octanol–water partition coefficient (Wildman–Crippen LogP) is 4.33. The van der Waals surface area contributed by atoms with Gasteiger partial charge in [-0.15, -0.1) is 17.9 Å². The molecule has 2 N–H and O–H groups in total. The molecule has 0 amide bonds. The van der Waals surface area contributed by atoms with Crippen LogP contribution < -0.4 is 5.56 Å². The average Bonchev–Trinajstić information content (AvgIpc) is 3.12. The van der Waals surface area contributed by atoms with Crippen molar-refractivity contribution in [2.24, 2.45) is 5.92 Å². The maximum atomic E-state index is 12.9. The summed E-state index contributed by atoms with van der Waals surface area (Å²) in [5.74, 6) is 0.968. The van der Waals surface area contributed by atoms with Crippen molar-refractivity contribution >= 4 is 33.2 Å². The second kappa shape index (κ2) is 11.0. The lowest BCUT2D eigenvalue weighted by Crippen LogP contribution is -2.37. The number of fused-ring (bicyclic) bond motifs is 1. The molecule has 0 fully saturated rings. The number of thiophene rings is 1. The van der Waals surface area contributed by atoms with E-state index in [1.165, 1.54) is 11.3 Å². The van der Waals surface area contributed by atoms with Crippen LogP contribution in [-0.2, 0) is 11.3 Å². The van der Waals surface area contributed by atoms with Crippen LogP contribution in [0.5, 0.6) is 0 Å². The number of aromatic nitrogens is 2. The van der Waals surface area contributed by atoms with Gasteiger partial charge in [0.05, 0.1) is 31.2 Å². The normalized spacial score (nSPS) is 12.7. The first-order valence-corrected chi connectivity index (χ1v) is 11.5. The van der Waals surface area contributed by atoms with E-state index in [-0.39, 0.29) is 12.2 Å². The van der Waals surface area contributed by atoms with Gasteiger partial charge in [-0.3, -0.25) is 9.69 Å². The quantitative estimate of drug-likeness (QED) is 0.328. The lowest BCUT2D eigenvalue weighted by Gasteiger charge is -2.26. The van der Waals surface area contributed by atoms with Crippen molar-refractivity contribution in [3.05, 3.63) is 63.5 Å². The number of H-pyrrole nitrogens is 1. The summed E-state index contributed by atoms with van der Waals surface area (Å²) in [6, 6.07) is 7.47. The van der Waals surface area contributed by atoms with Crippen LogP contribution in [0.2, 0.25) is 5.02 Å². The molecule has 1 unspecified atom stereocenters. The van der Waals surface area contributed by atoms with Crippen molar-refractivity contribution in [2.75, 3.05) is 26.3 Å². The maximum absolute atomic E-state index is 12.9. The minimum absolute atomic E-state index is 0.185. The van der Waals surface area contributed by atoms with Crippen LogP contribution in [0.3, 0.4) is 0 Å². The van der Waals surface area contributed by atoms with Gasteiger partial charge in [0.25, 0.3) is 5.56 Å². The van der Waals surface area contributed by atoms with Crippen LogP contribution in [-0.4, -0.2) is 52.4 Å². The Labute approximate surface area is 191 Å². The molecule has 31 heavy (non-hydrogen) atoms. The average molecular weight is 462 g/mol. The largest absolute Gasteiger partial charge is 0.389 e. The molecule has 0 bridgehead atoms. The number of benzene rings is 1. The highest BCUT2D eigenvalue weighted by Gasteiger charge is 2.18. The highest BCUT2D eigenvalue weighted by Crippen LogP contribution is 2.34. The first kappa shape index (κ1) is 23.6. The Balaban J connectivity index is 1.83. The van der Waals surface area contributed by atoms with Gasteiger partial charge in [0.15, 0.2) is 0 Å². The minimum Gasteiger partial charge on any atom is -0.389 e. The van der Waals surface area contributed by atoms with Gasteiger partial charge in [-0.1, -0.05) is 49.7 Å². The van der Waals surface area contributed by atoms with Crippen LogP contribution in [0.1, 0.15) is 19.7 Å². The number of aliphatic hydroxyl groups excluding tert-OH is 1. The number of ether oxygens (including phenoxy) is 1. The molecule has 0 radical (unpaired) electrons. The van der Waals surface area contributed by atoms with E-state index < -0.39 is 6.10 Å². The summed E-state index contributed by atoms with van der Waals surface area (Å²) in [7, 11) is 0. The molecule has 0 aliphatic carbocycles. The van der Waals surface area contributed by atoms with Crippen LogP contribution in [0.4, 0.5) is 0 Å². The van der Waals surface area contributed by atoms with E-state index in [0.717, 1.165) is 17.7 Å². The molecule has 3 aromatic rings. The van der Waals surface area contributed by atoms with Gasteiger partial charge in [0.1, 0.15) is 10.7 Å². The number of hydrogen-bond donors (Lipinski definition) is 2. The van der Waals surface area contributed by atoms with Crippen molar-refractivity contribution in [1.29, 1.82) is 0 Å². The van der Waals surface area contributed by atoms with Gasteiger partial charge in [-0.05, 0) is 12.0 Å². The van der Waals surface area contributed by atoms with Gasteiger partial charge in [-0.25, -0.2) is 4.98 Å². The third kappa shape index (κ3) is 6.24. The topological polar surface area (TPSA) is 78.5 Å². The lowest BCUT2D eigenvalue weighted by atomic mass is 10.1. The zero-order chi connectivity index (χ0) is 22.4. The first-order valence-electron chi connectivity index (χ1n) is 10.2. The molecule has 1 aromatic carbocycles. The molecule has 2 heterocycles. The standard InChI is InChI=1S/C23H28ClN3O3S/c1-4-9-30-13-16(28)11-27(10-15(2)3)12-20-25-22(29)21-18(14-31-23(21)26-20)17-7-5-6-8-19(17)24/h4-8,14-16,28H,1,9-13H2,2-3H3,(H,25,26,29). The van der Waals surface area contributed by atoms with Crippen molar-refractivity contribution in [3.63, 3.8) is 0 Å². The predicted molar refractivity (Wildman–Crippen MR) is 128 cm³/mol. The Bertz CT molecular complexity index is 1080. The highest BCUT2D eigenvalue weighted by molar-refractivity contribution is 7.17. The van der Waals surface area contributed by atoms with Gasteiger partial charge in [0, 0.05) is 34.6 Å². The van der Waals surface area contributed by atoms with E-state index in [1.807, 2.05) is 29.6 Å². The summed E-state index contributed by atoms with van der Waals surface area (Å²) >= 11 is 7.76. The molecular formula is C23H28ClN3O3S. The number of nitrogens with zero attached hydrogens (tertiary/aromatic N) is 2. The number of nitrogens with one attached hydrogen (secondary N) is 1. The van der Waals surface area contributed by atoms with Crippen LogP contribution >= 0.6 is 22.9 Å². The van der Waals surface area contributed by atoms with E-state index in [0.29, 0.717) is 46.7 Å². The van der Waals surface area contributed by atoms with Gasteiger partial charge >= 0.3 is 0 Å². The van der Waals surface area contributed by atoms with E-state index in [9.17, 15) is 9.90 Å². The molecule has 0 aliphatic heterocycles. The van der Waals surface area contributed by atoms with Crippen molar-refractivity contribution in [1.82, 2.24) is 14.9 Å². The SMILES string of the molecule is C=CCOCC(O)CN(Cc1nc2scc(-c3ccccc3Cl)c2c(=O)[nH]1)CC(C)C. The number of halogens is 1. The summed E-state index contributed by atoms with van der Waals surface area (Å²) in [4.78, 5) is 23.3. The zero-order valence-electron chi connectivity index (χ0n) is 17.8. The monoisotopic (exact) mass is 461 g/mol. The molecule has 166 valence electrons. The summed E-state index contributed by atoms with van der Waals surface area (Å²) in [6.07, 6.45) is 1.02. The number of hydrogen-bond acceptors (Lipinski definition) is 6. The molecular weight excluding hydrogens is 434 g/mol. The third-order valence-corrected chi connectivity index (χ3v) is 5.87. The Morgan fingerprint density at radius 1 is 1.32 bits per heavy atom. The molecule has 3 rings (SSSR count). The van der Waals surface area contributed by atoms with E-state index in [4.69, 9.17) is 21.3 Å². The van der Waals surface area contributed by atoms with Gasteiger partial charge < -0.3 is 14.8 Å². The number of rotatable bonds is 11. The Morgan fingerprint density at radius 2 is 2.10 bits per heavy atom. The third-order valence-electron chi connectivity index (χ3n) is 4.67. The van der Waals surface area contributed by atoms with Crippen molar-refractivity contribution < 1.29 is 9.84 Å². The lowest BCUT2D eigenvalue weighted by molar-refractivity contribution is 0.0218. The highest BCUT2D eigenvalue weighted by atomic mass is 35.5. The first-order chi connectivity index (χ1) is 14.9. The Morgan fingerprint density at radius 3 is 2.81 bits per heavy atom. The van der Waals surface area contributed by atoms with Crippen LogP contribution in [0.15, 0.2) is 47.1 Å². The molecule has 8 heteroatoms. The van der Waals surface area contributed by atoms with E-state index >= 15 is 0 Å². The number of aromatic amines is 1. The molecule has 6 nitrogen and oxygen atoms in total. The molecule has 2 aromatic heterocycles. The van der Waals surface area contributed by atoms with Gasteiger partial charge in [-0.2, -0.15) is 0 Å². The summed E-state index contributed by atoms with van der Waals surface area (Å²) in [5.41, 5.74) is 1.43. The fourth-order valence-corrected chi connectivity index (χ4v) is 4.71. The van der Waals surface area contributed by atoms with Crippen molar-refractivity contribution in [3.8, 4) is 11.1 Å². The summed E-state index contributed by atoms with van der Waals surface area (Å²) in [6.45, 7) is 10.1. The zero-order valence-corrected chi connectivity index (χ0v) is 19.4. The smallest absolute Gasteiger partial charge is 0.260 e. The fraction of sp³-hybridized carbons (Fsp3) is 0.391.